The monoisotopic (exact) mass is 355 g/mol. The van der Waals surface area contributed by atoms with Crippen LogP contribution in [0.25, 0.3) is 5.65 Å². The Morgan fingerprint density at radius 1 is 1.08 bits per heavy atom. The van der Waals surface area contributed by atoms with E-state index in [0.717, 1.165) is 13.1 Å². The fourth-order valence-corrected chi connectivity index (χ4v) is 3.34. The molecule has 1 aromatic carbocycles. The third-order valence-electron chi connectivity index (χ3n) is 4.53. The number of halogens is 1. The number of para-hydroxylation sites is 1. The van der Waals surface area contributed by atoms with E-state index in [0.29, 0.717) is 29.6 Å². The molecule has 0 aliphatic carbocycles. The Kier molecular flexibility index (Phi) is 4.05. The molecule has 1 aliphatic rings. The van der Waals surface area contributed by atoms with Crippen LogP contribution in [0.3, 0.4) is 0 Å². The van der Waals surface area contributed by atoms with Gasteiger partial charge in [0, 0.05) is 31.9 Å². The number of fused-ring (bicyclic) bond motifs is 1. The Morgan fingerprint density at radius 3 is 2.60 bits per heavy atom. The number of nitrogens with zero attached hydrogens (tertiary/aromatic N) is 5. The van der Waals surface area contributed by atoms with Crippen LogP contribution in [-0.4, -0.2) is 51.6 Å². The second-order valence-corrected chi connectivity index (χ2v) is 6.54. The van der Waals surface area contributed by atoms with Gasteiger partial charge in [-0.3, -0.25) is 4.79 Å². The SMILES string of the molecule is Cc1ccccc1N1CCN(C(=O)c2cn3nc(Cl)ccc3n2)CC1. The topological polar surface area (TPSA) is 53.7 Å². The molecule has 0 saturated carbocycles. The van der Waals surface area contributed by atoms with Crippen molar-refractivity contribution < 1.29 is 4.79 Å². The molecular weight excluding hydrogens is 338 g/mol. The first kappa shape index (κ1) is 15.9. The smallest absolute Gasteiger partial charge is 0.274 e. The van der Waals surface area contributed by atoms with Crippen LogP contribution < -0.4 is 4.90 Å². The first-order chi connectivity index (χ1) is 12.1. The lowest BCUT2D eigenvalue weighted by Gasteiger charge is -2.36. The largest absolute Gasteiger partial charge is 0.368 e. The number of carbonyl (C=O) groups excluding carboxylic acids is 1. The number of aryl methyl sites for hydroxylation is 1. The van der Waals surface area contributed by atoms with Crippen molar-refractivity contribution in [3.63, 3.8) is 0 Å². The van der Waals surface area contributed by atoms with Crippen LogP contribution in [0.5, 0.6) is 0 Å². The second-order valence-electron chi connectivity index (χ2n) is 6.15. The number of imidazole rings is 1. The van der Waals surface area contributed by atoms with Gasteiger partial charge in [-0.1, -0.05) is 29.8 Å². The summed E-state index contributed by atoms with van der Waals surface area (Å²) in [6.07, 6.45) is 1.64. The standard InChI is InChI=1S/C18H18ClN5O/c1-13-4-2-3-5-15(13)22-8-10-23(11-9-22)18(25)14-12-24-17(20-14)7-6-16(19)21-24/h2-7,12H,8-11H2,1H3. The summed E-state index contributed by atoms with van der Waals surface area (Å²) in [5, 5.41) is 4.50. The summed E-state index contributed by atoms with van der Waals surface area (Å²) in [5.41, 5.74) is 3.51. The lowest BCUT2D eigenvalue weighted by Crippen LogP contribution is -2.49. The zero-order chi connectivity index (χ0) is 17.4. The average Bonchev–Trinajstić information content (AvgIpc) is 3.05. The number of rotatable bonds is 2. The number of benzene rings is 1. The number of piperazine rings is 1. The van der Waals surface area contributed by atoms with Gasteiger partial charge in [0.1, 0.15) is 10.8 Å². The molecule has 7 heteroatoms. The number of carbonyl (C=O) groups is 1. The predicted molar refractivity (Wildman–Crippen MR) is 97.3 cm³/mol. The molecule has 1 amide bonds. The van der Waals surface area contributed by atoms with Crippen molar-refractivity contribution in [2.24, 2.45) is 0 Å². The van der Waals surface area contributed by atoms with Crippen LogP contribution in [0.1, 0.15) is 16.1 Å². The van der Waals surface area contributed by atoms with E-state index in [1.54, 1.807) is 22.8 Å². The van der Waals surface area contributed by atoms with Gasteiger partial charge in [0.25, 0.3) is 5.91 Å². The number of anilines is 1. The first-order valence-corrected chi connectivity index (χ1v) is 8.61. The molecule has 3 heterocycles. The fraction of sp³-hybridized carbons (Fsp3) is 0.278. The Balaban J connectivity index is 1.48. The van der Waals surface area contributed by atoms with Crippen molar-refractivity contribution in [1.82, 2.24) is 19.5 Å². The maximum atomic E-state index is 12.7. The molecule has 0 bridgehead atoms. The molecule has 0 radical (unpaired) electrons. The van der Waals surface area contributed by atoms with Gasteiger partial charge in [-0.25, -0.2) is 9.50 Å². The van der Waals surface area contributed by atoms with E-state index < -0.39 is 0 Å². The van der Waals surface area contributed by atoms with Crippen LogP contribution in [0.4, 0.5) is 5.69 Å². The maximum absolute atomic E-state index is 12.7. The van der Waals surface area contributed by atoms with Crippen LogP contribution in [0.2, 0.25) is 5.15 Å². The first-order valence-electron chi connectivity index (χ1n) is 8.23. The maximum Gasteiger partial charge on any atom is 0.274 e. The molecule has 2 aromatic heterocycles. The third-order valence-corrected chi connectivity index (χ3v) is 4.73. The molecule has 1 saturated heterocycles. The lowest BCUT2D eigenvalue weighted by molar-refractivity contribution is 0.0741. The zero-order valence-electron chi connectivity index (χ0n) is 13.9. The Morgan fingerprint density at radius 2 is 1.84 bits per heavy atom. The molecule has 6 nitrogen and oxygen atoms in total. The van der Waals surface area contributed by atoms with Gasteiger partial charge in [-0.05, 0) is 30.7 Å². The van der Waals surface area contributed by atoms with E-state index in [2.05, 4.69) is 40.1 Å². The minimum Gasteiger partial charge on any atom is -0.368 e. The van der Waals surface area contributed by atoms with Gasteiger partial charge in [-0.2, -0.15) is 5.10 Å². The summed E-state index contributed by atoms with van der Waals surface area (Å²) in [4.78, 5) is 21.3. The fourth-order valence-electron chi connectivity index (χ4n) is 3.19. The number of hydrogen-bond donors (Lipinski definition) is 0. The predicted octanol–water partition coefficient (Wildman–Crippen LogP) is 2.65. The number of hydrogen-bond acceptors (Lipinski definition) is 4. The number of amides is 1. The number of aromatic nitrogens is 3. The summed E-state index contributed by atoms with van der Waals surface area (Å²) in [6, 6.07) is 11.8. The van der Waals surface area contributed by atoms with Crippen molar-refractivity contribution in [3.8, 4) is 0 Å². The molecule has 3 aromatic rings. The van der Waals surface area contributed by atoms with Crippen LogP contribution in [-0.2, 0) is 0 Å². The Labute approximate surface area is 150 Å². The van der Waals surface area contributed by atoms with Gasteiger partial charge < -0.3 is 9.80 Å². The lowest BCUT2D eigenvalue weighted by atomic mass is 10.1. The minimum atomic E-state index is -0.0638. The molecule has 4 rings (SSSR count). The molecule has 1 fully saturated rings. The summed E-state index contributed by atoms with van der Waals surface area (Å²) >= 11 is 5.88. The van der Waals surface area contributed by atoms with Gasteiger partial charge in [-0.15, -0.1) is 0 Å². The van der Waals surface area contributed by atoms with Crippen LogP contribution >= 0.6 is 11.6 Å². The highest BCUT2D eigenvalue weighted by molar-refractivity contribution is 6.29. The second kappa shape index (κ2) is 6.37. The van der Waals surface area contributed by atoms with Gasteiger partial charge in [0.15, 0.2) is 5.65 Å². The van der Waals surface area contributed by atoms with Gasteiger partial charge in [0.2, 0.25) is 0 Å². The molecule has 1 aliphatic heterocycles. The molecule has 0 atom stereocenters. The summed E-state index contributed by atoms with van der Waals surface area (Å²) in [5.74, 6) is -0.0638. The van der Waals surface area contributed by atoms with Crippen molar-refractivity contribution in [1.29, 1.82) is 0 Å². The van der Waals surface area contributed by atoms with Crippen molar-refractivity contribution >= 4 is 28.8 Å². The van der Waals surface area contributed by atoms with Gasteiger partial charge in [0.05, 0.1) is 6.20 Å². The molecule has 25 heavy (non-hydrogen) atoms. The molecule has 0 N–H and O–H groups in total. The van der Waals surface area contributed by atoms with E-state index in [1.165, 1.54) is 11.3 Å². The van der Waals surface area contributed by atoms with Crippen LogP contribution in [0, 0.1) is 6.92 Å². The highest BCUT2D eigenvalue weighted by atomic mass is 35.5. The highest BCUT2D eigenvalue weighted by Crippen LogP contribution is 2.21. The Hall–Kier alpha value is -2.60. The van der Waals surface area contributed by atoms with E-state index in [1.807, 2.05) is 11.0 Å². The quantitative estimate of drug-likeness (QED) is 0.709. The van der Waals surface area contributed by atoms with E-state index in [9.17, 15) is 4.79 Å². The normalized spacial score (nSPS) is 15.0. The average molecular weight is 356 g/mol. The van der Waals surface area contributed by atoms with Crippen molar-refractivity contribution in [2.75, 3.05) is 31.1 Å². The van der Waals surface area contributed by atoms with E-state index >= 15 is 0 Å². The van der Waals surface area contributed by atoms with E-state index in [-0.39, 0.29) is 5.91 Å². The molecule has 128 valence electrons. The van der Waals surface area contributed by atoms with Gasteiger partial charge >= 0.3 is 0 Å². The highest BCUT2D eigenvalue weighted by Gasteiger charge is 2.24. The van der Waals surface area contributed by atoms with E-state index in [4.69, 9.17) is 11.6 Å². The summed E-state index contributed by atoms with van der Waals surface area (Å²) in [6.45, 7) is 5.09. The summed E-state index contributed by atoms with van der Waals surface area (Å²) < 4.78 is 1.54. The van der Waals surface area contributed by atoms with Crippen molar-refractivity contribution in [2.45, 2.75) is 6.92 Å². The van der Waals surface area contributed by atoms with Crippen molar-refractivity contribution in [3.05, 3.63) is 59.0 Å². The Bertz CT molecular complexity index is 930. The third kappa shape index (κ3) is 3.05. The molecular formula is C18H18ClN5O. The zero-order valence-corrected chi connectivity index (χ0v) is 14.6. The van der Waals surface area contributed by atoms with Crippen LogP contribution in [0.15, 0.2) is 42.6 Å². The summed E-state index contributed by atoms with van der Waals surface area (Å²) in [7, 11) is 0. The molecule has 0 unspecified atom stereocenters. The molecule has 0 spiro atoms. The minimum absolute atomic E-state index is 0.0638.